The van der Waals surface area contributed by atoms with E-state index in [1.807, 2.05) is 24.1 Å². The van der Waals surface area contributed by atoms with E-state index in [9.17, 15) is 9.59 Å². The third-order valence-corrected chi connectivity index (χ3v) is 6.50. The number of likely N-dealkylation sites (N-methyl/N-ethyl adjacent to an activating group) is 1. The van der Waals surface area contributed by atoms with Crippen LogP contribution in [0.4, 0.5) is 0 Å². The fourth-order valence-electron chi connectivity index (χ4n) is 4.45. The lowest BCUT2D eigenvalue weighted by Crippen LogP contribution is -2.52. The molecular weight excluding hydrogens is 392 g/mol. The average Bonchev–Trinajstić information content (AvgIpc) is 2.96. The molecule has 8 heteroatoms. The molecule has 4 rings (SSSR count). The standard InChI is InChI=1S/C23H32N6O2/c1-26-20(6-2-3-7-22(26)30)18-28-13-11-27(12-14-28)15-16-29-23(31)9-8-21(25-29)19-5-4-10-24-17-19/h4-5,8-10,17,20H,2-3,6-7,11-16,18H2,1H3. The van der Waals surface area contributed by atoms with Crippen LogP contribution in [0, 0.1) is 0 Å². The van der Waals surface area contributed by atoms with Gasteiger partial charge in [0.15, 0.2) is 0 Å². The summed E-state index contributed by atoms with van der Waals surface area (Å²) >= 11 is 0. The van der Waals surface area contributed by atoms with Crippen molar-refractivity contribution in [1.82, 2.24) is 29.5 Å². The van der Waals surface area contributed by atoms with Gasteiger partial charge in [-0.2, -0.15) is 5.10 Å². The molecule has 2 aliphatic heterocycles. The molecule has 0 aromatic carbocycles. The van der Waals surface area contributed by atoms with E-state index in [4.69, 9.17) is 0 Å². The van der Waals surface area contributed by atoms with Gasteiger partial charge in [0, 0.05) is 82.8 Å². The third kappa shape index (κ3) is 5.57. The zero-order valence-electron chi connectivity index (χ0n) is 18.3. The molecule has 2 saturated heterocycles. The molecule has 4 heterocycles. The Morgan fingerprint density at radius 3 is 2.58 bits per heavy atom. The monoisotopic (exact) mass is 424 g/mol. The molecule has 2 fully saturated rings. The minimum absolute atomic E-state index is 0.0765. The van der Waals surface area contributed by atoms with Gasteiger partial charge in [-0.25, -0.2) is 4.68 Å². The Balaban J connectivity index is 1.28. The summed E-state index contributed by atoms with van der Waals surface area (Å²) in [6.45, 7) is 6.28. The molecule has 8 nitrogen and oxygen atoms in total. The van der Waals surface area contributed by atoms with Crippen LogP contribution in [-0.2, 0) is 11.3 Å². The van der Waals surface area contributed by atoms with Gasteiger partial charge in [-0.15, -0.1) is 0 Å². The molecule has 0 N–H and O–H groups in total. The van der Waals surface area contributed by atoms with E-state index in [0.717, 1.165) is 69.8 Å². The molecule has 2 aliphatic rings. The molecule has 0 radical (unpaired) electrons. The summed E-state index contributed by atoms with van der Waals surface area (Å²) in [7, 11) is 1.96. The number of nitrogens with zero attached hydrogens (tertiary/aromatic N) is 6. The molecule has 0 saturated carbocycles. The van der Waals surface area contributed by atoms with Crippen molar-refractivity contribution >= 4 is 5.91 Å². The lowest BCUT2D eigenvalue weighted by molar-refractivity contribution is -0.131. The highest BCUT2D eigenvalue weighted by atomic mass is 16.2. The fraction of sp³-hybridized carbons (Fsp3) is 0.565. The first-order valence-corrected chi connectivity index (χ1v) is 11.3. The van der Waals surface area contributed by atoms with E-state index in [0.29, 0.717) is 19.0 Å². The summed E-state index contributed by atoms with van der Waals surface area (Å²) < 4.78 is 1.56. The van der Waals surface area contributed by atoms with E-state index in [1.165, 1.54) is 0 Å². The van der Waals surface area contributed by atoms with Gasteiger partial charge < -0.3 is 4.90 Å². The predicted molar refractivity (Wildman–Crippen MR) is 120 cm³/mol. The minimum Gasteiger partial charge on any atom is -0.341 e. The van der Waals surface area contributed by atoms with Crippen LogP contribution < -0.4 is 5.56 Å². The van der Waals surface area contributed by atoms with Gasteiger partial charge in [0.25, 0.3) is 5.56 Å². The van der Waals surface area contributed by atoms with Crippen molar-refractivity contribution in [3.05, 3.63) is 47.0 Å². The fourth-order valence-corrected chi connectivity index (χ4v) is 4.45. The van der Waals surface area contributed by atoms with E-state index in [-0.39, 0.29) is 11.5 Å². The van der Waals surface area contributed by atoms with Crippen LogP contribution in [0.5, 0.6) is 0 Å². The smallest absolute Gasteiger partial charge is 0.266 e. The minimum atomic E-state index is -0.0765. The van der Waals surface area contributed by atoms with Gasteiger partial charge in [-0.1, -0.05) is 6.42 Å². The van der Waals surface area contributed by atoms with E-state index >= 15 is 0 Å². The van der Waals surface area contributed by atoms with Crippen molar-refractivity contribution in [3.63, 3.8) is 0 Å². The lowest BCUT2D eigenvalue weighted by atomic mass is 10.1. The van der Waals surface area contributed by atoms with Crippen LogP contribution in [0.25, 0.3) is 11.3 Å². The number of hydrogen-bond donors (Lipinski definition) is 0. The number of rotatable bonds is 6. The molecule has 0 bridgehead atoms. The van der Waals surface area contributed by atoms with Crippen molar-refractivity contribution in [2.24, 2.45) is 0 Å². The first-order chi connectivity index (χ1) is 15.1. The maximum absolute atomic E-state index is 12.3. The van der Waals surface area contributed by atoms with Gasteiger partial charge >= 0.3 is 0 Å². The van der Waals surface area contributed by atoms with Gasteiger partial charge in [0.1, 0.15) is 0 Å². The maximum atomic E-state index is 12.3. The summed E-state index contributed by atoms with van der Waals surface area (Å²) in [5.41, 5.74) is 1.60. The largest absolute Gasteiger partial charge is 0.341 e. The summed E-state index contributed by atoms with van der Waals surface area (Å²) in [6.07, 6.45) is 7.43. The molecule has 31 heavy (non-hydrogen) atoms. The van der Waals surface area contributed by atoms with Crippen molar-refractivity contribution < 1.29 is 4.79 Å². The Bertz CT molecular complexity index is 923. The van der Waals surface area contributed by atoms with Gasteiger partial charge in [-0.3, -0.25) is 24.4 Å². The van der Waals surface area contributed by atoms with Crippen molar-refractivity contribution in [1.29, 1.82) is 0 Å². The number of piperazine rings is 1. The second-order valence-corrected chi connectivity index (χ2v) is 8.57. The molecule has 1 atom stereocenters. The SMILES string of the molecule is CN1C(=O)CCCCC1CN1CCN(CCn2nc(-c3cccnc3)ccc2=O)CC1. The van der Waals surface area contributed by atoms with Crippen molar-refractivity contribution in [2.45, 2.75) is 38.3 Å². The van der Waals surface area contributed by atoms with E-state index in [1.54, 1.807) is 29.2 Å². The number of carbonyl (C=O) groups excluding carboxylic acids is 1. The van der Waals surface area contributed by atoms with Crippen LogP contribution in [0.2, 0.25) is 0 Å². The zero-order valence-corrected chi connectivity index (χ0v) is 18.3. The zero-order chi connectivity index (χ0) is 21.6. The number of hydrogen-bond acceptors (Lipinski definition) is 6. The number of pyridine rings is 1. The van der Waals surface area contributed by atoms with Crippen LogP contribution in [-0.4, -0.2) is 87.7 Å². The Labute approximate surface area is 183 Å². The average molecular weight is 425 g/mol. The Morgan fingerprint density at radius 2 is 1.81 bits per heavy atom. The number of carbonyl (C=O) groups is 1. The molecule has 2 aromatic heterocycles. The second kappa shape index (κ2) is 10.2. The normalized spacial score (nSPS) is 21.3. The highest BCUT2D eigenvalue weighted by molar-refractivity contribution is 5.76. The number of aromatic nitrogens is 3. The quantitative estimate of drug-likeness (QED) is 0.696. The van der Waals surface area contributed by atoms with E-state index < -0.39 is 0 Å². The molecule has 1 unspecified atom stereocenters. The highest BCUT2D eigenvalue weighted by Gasteiger charge is 2.26. The Kier molecular flexibility index (Phi) is 7.09. The molecule has 166 valence electrons. The van der Waals surface area contributed by atoms with Crippen LogP contribution in [0.3, 0.4) is 0 Å². The second-order valence-electron chi connectivity index (χ2n) is 8.57. The summed E-state index contributed by atoms with van der Waals surface area (Å²) in [5, 5.41) is 4.53. The summed E-state index contributed by atoms with van der Waals surface area (Å²) in [4.78, 5) is 35.4. The molecular formula is C23H32N6O2. The third-order valence-electron chi connectivity index (χ3n) is 6.50. The van der Waals surface area contributed by atoms with Gasteiger partial charge in [0.2, 0.25) is 5.91 Å². The molecule has 0 aliphatic carbocycles. The molecule has 0 spiro atoms. The maximum Gasteiger partial charge on any atom is 0.266 e. The number of likely N-dealkylation sites (tertiary alicyclic amines) is 1. The van der Waals surface area contributed by atoms with E-state index in [2.05, 4.69) is 19.9 Å². The Morgan fingerprint density at radius 1 is 1.00 bits per heavy atom. The van der Waals surface area contributed by atoms with Crippen LogP contribution >= 0.6 is 0 Å². The lowest BCUT2D eigenvalue weighted by Gasteiger charge is -2.38. The number of amides is 1. The highest BCUT2D eigenvalue weighted by Crippen LogP contribution is 2.18. The summed E-state index contributed by atoms with van der Waals surface area (Å²) in [5.74, 6) is 0.285. The Hall–Kier alpha value is -2.58. The van der Waals surface area contributed by atoms with Crippen molar-refractivity contribution in [2.75, 3.05) is 46.3 Å². The predicted octanol–water partition coefficient (Wildman–Crippen LogP) is 1.32. The van der Waals surface area contributed by atoms with Gasteiger partial charge in [0.05, 0.1) is 12.2 Å². The molecule has 1 amide bonds. The summed E-state index contributed by atoms with van der Waals surface area (Å²) in [6, 6.07) is 7.48. The first kappa shape index (κ1) is 21.6. The van der Waals surface area contributed by atoms with Crippen molar-refractivity contribution in [3.8, 4) is 11.3 Å². The topological polar surface area (TPSA) is 74.6 Å². The van der Waals surface area contributed by atoms with Crippen LogP contribution in [0.15, 0.2) is 41.5 Å². The van der Waals surface area contributed by atoms with Crippen LogP contribution in [0.1, 0.15) is 25.7 Å². The van der Waals surface area contributed by atoms with Gasteiger partial charge in [-0.05, 0) is 31.0 Å². The molecule has 2 aromatic rings. The first-order valence-electron chi connectivity index (χ1n) is 11.3.